The maximum Gasteiger partial charge on any atom is 0.269 e. The predicted molar refractivity (Wildman–Crippen MR) is 79.3 cm³/mol. The number of hydrogen-bond acceptors (Lipinski definition) is 5. The van der Waals surface area contributed by atoms with Gasteiger partial charge in [-0.05, 0) is 18.6 Å². The van der Waals surface area contributed by atoms with Gasteiger partial charge in [-0.3, -0.25) is 15.0 Å². The van der Waals surface area contributed by atoms with Crippen LogP contribution in [0.4, 0.5) is 11.4 Å². The number of nitrogen functional groups attached to an aromatic ring is 1. The lowest BCUT2D eigenvalue weighted by Gasteiger charge is -2.37. The maximum atomic E-state index is 10.8. The number of nitrogens with two attached hydrogens (primary N) is 1. The van der Waals surface area contributed by atoms with Gasteiger partial charge in [0.2, 0.25) is 0 Å². The fraction of sp³-hybridized carbons (Fsp3) is 0.538. The van der Waals surface area contributed by atoms with Gasteiger partial charge in [0.15, 0.2) is 0 Å². The van der Waals surface area contributed by atoms with Crippen molar-refractivity contribution in [2.45, 2.75) is 31.7 Å². The van der Waals surface area contributed by atoms with Crippen molar-refractivity contribution >= 4 is 23.1 Å². The molecule has 1 aliphatic rings. The molecule has 2 unspecified atom stereocenters. The zero-order chi connectivity index (χ0) is 14.0. The maximum absolute atomic E-state index is 10.8. The number of thioether (sulfide) groups is 1. The molecule has 2 rings (SSSR count). The van der Waals surface area contributed by atoms with Gasteiger partial charge in [0, 0.05) is 48.0 Å². The second-order valence-electron chi connectivity index (χ2n) is 4.93. The number of nitro groups is 1. The third-order valence-electron chi connectivity index (χ3n) is 3.73. The molecule has 0 aliphatic carbocycles. The Morgan fingerprint density at radius 1 is 1.53 bits per heavy atom. The minimum atomic E-state index is -0.374. The van der Waals surface area contributed by atoms with Crippen LogP contribution in [-0.2, 0) is 6.54 Å². The molecule has 1 saturated heterocycles. The van der Waals surface area contributed by atoms with Crippen molar-refractivity contribution in [1.82, 2.24) is 4.90 Å². The molecule has 2 atom stereocenters. The van der Waals surface area contributed by atoms with E-state index in [1.807, 2.05) is 11.8 Å². The minimum Gasteiger partial charge on any atom is -0.398 e. The van der Waals surface area contributed by atoms with Gasteiger partial charge in [-0.2, -0.15) is 11.8 Å². The summed E-state index contributed by atoms with van der Waals surface area (Å²) in [6.07, 6.45) is 0. The van der Waals surface area contributed by atoms with Crippen LogP contribution in [0.1, 0.15) is 19.4 Å². The normalized spacial score (nSPS) is 24.3. The first-order valence-corrected chi connectivity index (χ1v) is 7.42. The Kier molecular flexibility index (Phi) is 4.31. The SMILES string of the molecule is CC1SCCN(Cc2cc([N+](=O)[O-])ccc2N)C1C. The van der Waals surface area contributed by atoms with Crippen molar-refractivity contribution in [2.24, 2.45) is 0 Å². The van der Waals surface area contributed by atoms with E-state index < -0.39 is 0 Å². The fourth-order valence-electron chi connectivity index (χ4n) is 2.28. The summed E-state index contributed by atoms with van der Waals surface area (Å²) < 4.78 is 0. The lowest BCUT2D eigenvalue weighted by atomic mass is 10.1. The van der Waals surface area contributed by atoms with Gasteiger partial charge >= 0.3 is 0 Å². The number of rotatable bonds is 3. The molecule has 1 fully saturated rings. The highest BCUT2D eigenvalue weighted by atomic mass is 32.2. The molecule has 0 amide bonds. The average molecular weight is 281 g/mol. The smallest absolute Gasteiger partial charge is 0.269 e. The summed E-state index contributed by atoms with van der Waals surface area (Å²) in [6, 6.07) is 5.13. The van der Waals surface area contributed by atoms with E-state index in [9.17, 15) is 10.1 Å². The van der Waals surface area contributed by atoms with Gasteiger partial charge < -0.3 is 5.73 Å². The monoisotopic (exact) mass is 281 g/mol. The lowest BCUT2D eigenvalue weighted by molar-refractivity contribution is -0.384. The first-order chi connectivity index (χ1) is 8.99. The molecule has 1 heterocycles. The highest BCUT2D eigenvalue weighted by Crippen LogP contribution is 2.28. The molecule has 104 valence electrons. The van der Waals surface area contributed by atoms with Crippen LogP contribution < -0.4 is 5.73 Å². The van der Waals surface area contributed by atoms with Crippen molar-refractivity contribution in [2.75, 3.05) is 18.0 Å². The Hall–Kier alpha value is -1.27. The highest BCUT2D eigenvalue weighted by molar-refractivity contribution is 8.00. The van der Waals surface area contributed by atoms with Gasteiger partial charge in [0.1, 0.15) is 0 Å². The van der Waals surface area contributed by atoms with Gasteiger partial charge in [0.25, 0.3) is 5.69 Å². The molecular formula is C13H19N3O2S. The predicted octanol–water partition coefficient (Wildman–Crippen LogP) is 2.50. The number of hydrogen-bond donors (Lipinski definition) is 1. The van der Waals surface area contributed by atoms with E-state index in [0.29, 0.717) is 23.5 Å². The Morgan fingerprint density at radius 3 is 2.95 bits per heavy atom. The van der Waals surface area contributed by atoms with Crippen LogP contribution in [0.15, 0.2) is 18.2 Å². The standard InChI is InChI=1S/C13H19N3O2S/c1-9-10(2)19-6-5-15(9)8-11-7-12(16(17)18)3-4-13(11)14/h3-4,7,9-10H,5-6,8,14H2,1-2H3. The molecular weight excluding hydrogens is 262 g/mol. The summed E-state index contributed by atoms with van der Waals surface area (Å²) >= 11 is 1.97. The summed E-state index contributed by atoms with van der Waals surface area (Å²) in [6.45, 7) is 6.10. The van der Waals surface area contributed by atoms with Crippen LogP contribution in [0.5, 0.6) is 0 Å². The molecule has 1 aromatic rings. The van der Waals surface area contributed by atoms with Crippen molar-refractivity contribution in [1.29, 1.82) is 0 Å². The molecule has 0 spiro atoms. The third-order valence-corrected chi connectivity index (χ3v) is 5.06. The van der Waals surface area contributed by atoms with Gasteiger partial charge in [-0.15, -0.1) is 0 Å². The summed E-state index contributed by atoms with van der Waals surface area (Å²) in [5.41, 5.74) is 7.52. The van der Waals surface area contributed by atoms with E-state index in [2.05, 4.69) is 18.7 Å². The van der Waals surface area contributed by atoms with Crippen LogP contribution in [0.25, 0.3) is 0 Å². The molecule has 5 nitrogen and oxygen atoms in total. The first-order valence-electron chi connectivity index (χ1n) is 6.37. The van der Waals surface area contributed by atoms with E-state index >= 15 is 0 Å². The highest BCUT2D eigenvalue weighted by Gasteiger charge is 2.25. The molecule has 0 bridgehead atoms. The second-order valence-corrected chi connectivity index (χ2v) is 6.41. The largest absolute Gasteiger partial charge is 0.398 e. The van der Waals surface area contributed by atoms with Gasteiger partial charge in [-0.1, -0.05) is 6.92 Å². The quantitative estimate of drug-likeness (QED) is 0.523. The third kappa shape index (κ3) is 3.19. The molecule has 0 radical (unpaired) electrons. The molecule has 0 saturated carbocycles. The zero-order valence-corrected chi connectivity index (χ0v) is 12.0. The molecule has 2 N–H and O–H groups in total. The minimum absolute atomic E-state index is 0.108. The molecule has 0 aromatic heterocycles. The summed E-state index contributed by atoms with van der Waals surface area (Å²) in [7, 11) is 0. The number of nitrogens with zero attached hydrogens (tertiary/aromatic N) is 2. The van der Waals surface area contributed by atoms with Crippen molar-refractivity contribution in [3.63, 3.8) is 0 Å². The molecule has 6 heteroatoms. The fourth-order valence-corrected chi connectivity index (χ4v) is 3.44. The zero-order valence-electron chi connectivity index (χ0n) is 11.2. The number of benzene rings is 1. The van der Waals surface area contributed by atoms with E-state index in [1.54, 1.807) is 12.1 Å². The topological polar surface area (TPSA) is 72.4 Å². The van der Waals surface area contributed by atoms with E-state index in [1.165, 1.54) is 6.07 Å². The molecule has 19 heavy (non-hydrogen) atoms. The number of anilines is 1. The second kappa shape index (κ2) is 5.79. The van der Waals surface area contributed by atoms with E-state index in [0.717, 1.165) is 17.9 Å². The van der Waals surface area contributed by atoms with Gasteiger partial charge in [-0.25, -0.2) is 0 Å². The van der Waals surface area contributed by atoms with Gasteiger partial charge in [0.05, 0.1) is 4.92 Å². The molecule has 1 aliphatic heterocycles. The Bertz CT molecular complexity index is 481. The Morgan fingerprint density at radius 2 is 2.26 bits per heavy atom. The van der Waals surface area contributed by atoms with Crippen LogP contribution in [0.2, 0.25) is 0 Å². The Balaban J connectivity index is 2.18. The van der Waals surface area contributed by atoms with Crippen molar-refractivity contribution < 1.29 is 4.92 Å². The lowest BCUT2D eigenvalue weighted by Crippen LogP contribution is -2.44. The average Bonchev–Trinajstić information content (AvgIpc) is 2.37. The van der Waals surface area contributed by atoms with Crippen LogP contribution >= 0.6 is 11.8 Å². The van der Waals surface area contributed by atoms with Crippen LogP contribution in [0, 0.1) is 10.1 Å². The molecule has 1 aromatic carbocycles. The summed E-state index contributed by atoms with van der Waals surface area (Å²) in [5.74, 6) is 1.10. The first kappa shape index (κ1) is 14.1. The van der Waals surface area contributed by atoms with Crippen molar-refractivity contribution in [3.05, 3.63) is 33.9 Å². The summed E-state index contributed by atoms with van der Waals surface area (Å²) in [4.78, 5) is 12.8. The number of non-ortho nitro benzene ring substituents is 1. The van der Waals surface area contributed by atoms with E-state index in [-0.39, 0.29) is 10.6 Å². The van der Waals surface area contributed by atoms with E-state index in [4.69, 9.17) is 5.73 Å². The summed E-state index contributed by atoms with van der Waals surface area (Å²) in [5, 5.41) is 11.4. The van der Waals surface area contributed by atoms with Crippen molar-refractivity contribution in [3.8, 4) is 0 Å². The Labute approximate surface area is 117 Å². The van der Waals surface area contributed by atoms with Crippen LogP contribution in [-0.4, -0.2) is 33.4 Å². The van der Waals surface area contributed by atoms with Crippen LogP contribution in [0.3, 0.4) is 0 Å². The number of nitro benzene ring substituents is 1.